The highest BCUT2D eigenvalue weighted by Gasteiger charge is 2.06. The third-order valence-corrected chi connectivity index (χ3v) is 3.00. The molecule has 0 saturated heterocycles. The molecular formula is C12H14ClN3O. The van der Waals surface area contributed by atoms with Crippen molar-refractivity contribution in [3.63, 3.8) is 0 Å². The Morgan fingerprint density at radius 1 is 1.41 bits per heavy atom. The Morgan fingerprint density at radius 3 is 2.94 bits per heavy atom. The van der Waals surface area contributed by atoms with Gasteiger partial charge in [0.15, 0.2) is 0 Å². The lowest BCUT2D eigenvalue weighted by Crippen LogP contribution is -2.29. The minimum Gasteiger partial charge on any atom is -0.346 e. The first-order valence-electron chi connectivity index (χ1n) is 5.45. The summed E-state index contributed by atoms with van der Waals surface area (Å²) < 4.78 is 2.06. The van der Waals surface area contributed by atoms with Gasteiger partial charge in [-0.25, -0.2) is 5.84 Å². The van der Waals surface area contributed by atoms with E-state index in [0.717, 1.165) is 28.9 Å². The maximum absolute atomic E-state index is 11.0. The number of rotatable bonds is 4. The summed E-state index contributed by atoms with van der Waals surface area (Å²) in [7, 11) is 0. The van der Waals surface area contributed by atoms with Gasteiger partial charge >= 0.3 is 0 Å². The van der Waals surface area contributed by atoms with Gasteiger partial charge in [0.25, 0.3) is 0 Å². The molecule has 0 fully saturated rings. The maximum atomic E-state index is 11.0. The Labute approximate surface area is 104 Å². The van der Waals surface area contributed by atoms with Crippen LogP contribution in [0.5, 0.6) is 0 Å². The minimum absolute atomic E-state index is 0.146. The highest BCUT2D eigenvalue weighted by Crippen LogP contribution is 2.25. The summed E-state index contributed by atoms with van der Waals surface area (Å²) in [5.41, 5.74) is 3.21. The summed E-state index contributed by atoms with van der Waals surface area (Å²) in [5.74, 6) is 4.87. The van der Waals surface area contributed by atoms with Crippen molar-refractivity contribution in [2.24, 2.45) is 5.84 Å². The van der Waals surface area contributed by atoms with Gasteiger partial charge in [-0.1, -0.05) is 29.8 Å². The van der Waals surface area contributed by atoms with Crippen LogP contribution < -0.4 is 11.3 Å². The lowest BCUT2D eigenvalue weighted by molar-refractivity contribution is -0.121. The standard InChI is InChI=1S/C12H14ClN3O/c13-10-8-16(7-3-6-12(17)15-14)11-5-2-1-4-9(10)11/h1-2,4-5,8H,3,6-7,14H2,(H,15,17). The summed E-state index contributed by atoms with van der Waals surface area (Å²) in [6.07, 6.45) is 3.05. The van der Waals surface area contributed by atoms with Gasteiger partial charge in [0.05, 0.1) is 5.02 Å². The SMILES string of the molecule is NNC(=O)CCCn1cc(Cl)c2ccccc21. The van der Waals surface area contributed by atoms with E-state index in [0.29, 0.717) is 6.42 Å². The van der Waals surface area contributed by atoms with Crippen LogP contribution >= 0.6 is 11.6 Å². The molecule has 0 aliphatic rings. The first-order chi connectivity index (χ1) is 8.22. The Morgan fingerprint density at radius 2 is 2.18 bits per heavy atom. The molecule has 2 aromatic rings. The molecule has 0 unspecified atom stereocenters. The summed E-state index contributed by atoms with van der Waals surface area (Å²) in [6, 6.07) is 7.94. The number of amides is 1. The molecule has 2 rings (SSSR count). The first-order valence-corrected chi connectivity index (χ1v) is 5.83. The lowest BCUT2D eigenvalue weighted by Gasteiger charge is -2.04. The second-order valence-electron chi connectivity index (χ2n) is 3.86. The zero-order valence-electron chi connectivity index (χ0n) is 9.32. The Bertz CT molecular complexity index is 536. The molecule has 5 heteroatoms. The second kappa shape index (κ2) is 5.21. The Balaban J connectivity index is 2.11. The van der Waals surface area contributed by atoms with E-state index in [1.165, 1.54) is 0 Å². The Kier molecular flexibility index (Phi) is 3.66. The van der Waals surface area contributed by atoms with Gasteiger partial charge in [-0.05, 0) is 12.5 Å². The van der Waals surface area contributed by atoms with Gasteiger partial charge in [-0.3, -0.25) is 10.2 Å². The van der Waals surface area contributed by atoms with Crippen molar-refractivity contribution in [2.75, 3.05) is 0 Å². The van der Waals surface area contributed by atoms with Crippen LogP contribution in [0.2, 0.25) is 5.02 Å². The van der Waals surface area contributed by atoms with Crippen LogP contribution in [0, 0.1) is 0 Å². The van der Waals surface area contributed by atoms with Crippen molar-refractivity contribution < 1.29 is 4.79 Å². The number of para-hydroxylation sites is 1. The van der Waals surface area contributed by atoms with Crippen LogP contribution in [0.1, 0.15) is 12.8 Å². The second-order valence-corrected chi connectivity index (χ2v) is 4.27. The van der Waals surface area contributed by atoms with Gasteiger partial charge in [0.1, 0.15) is 0 Å². The van der Waals surface area contributed by atoms with Crippen molar-refractivity contribution >= 4 is 28.4 Å². The number of carbonyl (C=O) groups excluding carboxylic acids is 1. The lowest BCUT2D eigenvalue weighted by atomic mass is 10.2. The molecular weight excluding hydrogens is 238 g/mol. The minimum atomic E-state index is -0.146. The summed E-state index contributed by atoms with van der Waals surface area (Å²) in [4.78, 5) is 11.0. The predicted molar refractivity (Wildman–Crippen MR) is 68.5 cm³/mol. The van der Waals surface area contributed by atoms with Crippen LogP contribution in [0.4, 0.5) is 0 Å². The van der Waals surface area contributed by atoms with E-state index in [1.54, 1.807) is 0 Å². The van der Waals surface area contributed by atoms with Crippen LogP contribution in [-0.4, -0.2) is 10.5 Å². The number of nitrogens with one attached hydrogen (secondary N) is 1. The molecule has 1 aromatic heterocycles. The molecule has 0 saturated carbocycles. The van der Waals surface area contributed by atoms with Crippen LogP contribution in [0.25, 0.3) is 10.9 Å². The normalized spacial score (nSPS) is 10.7. The molecule has 0 atom stereocenters. The van der Waals surface area contributed by atoms with E-state index in [2.05, 4.69) is 9.99 Å². The molecule has 0 radical (unpaired) electrons. The molecule has 1 amide bonds. The first kappa shape index (κ1) is 12.0. The number of nitrogens with two attached hydrogens (primary N) is 1. The number of aryl methyl sites for hydroxylation is 1. The van der Waals surface area contributed by atoms with Gasteiger partial charge < -0.3 is 4.57 Å². The molecule has 1 heterocycles. The highest BCUT2D eigenvalue weighted by molar-refractivity contribution is 6.35. The van der Waals surface area contributed by atoms with Crippen molar-refractivity contribution in [3.8, 4) is 0 Å². The third-order valence-electron chi connectivity index (χ3n) is 2.70. The number of fused-ring (bicyclic) bond motifs is 1. The largest absolute Gasteiger partial charge is 0.346 e. The molecule has 17 heavy (non-hydrogen) atoms. The fourth-order valence-corrected chi connectivity index (χ4v) is 2.15. The van der Waals surface area contributed by atoms with E-state index in [1.807, 2.05) is 30.5 Å². The van der Waals surface area contributed by atoms with E-state index in [9.17, 15) is 4.79 Å². The summed E-state index contributed by atoms with van der Waals surface area (Å²) in [6.45, 7) is 0.751. The molecule has 1 aromatic carbocycles. The molecule has 0 aliphatic heterocycles. The average Bonchev–Trinajstić information content (AvgIpc) is 2.67. The number of carbonyl (C=O) groups is 1. The third kappa shape index (κ3) is 2.60. The fraction of sp³-hybridized carbons (Fsp3) is 0.250. The average molecular weight is 252 g/mol. The van der Waals surface area contributed by atoms with Crippen LogP contribution in [0.3, 0.4) is 0 Å². The number of nitrogens with zero attached hydrogens (tertiary/aromatic N) is 1. The van der Waals surface area contributed by atoms with Gasteiger partial charge in [-0.15, -0.1) is 0 Å². The van der Waals surface area contributed by atoms with E-state index < -0.39 is 0 Å². The van der Waals surface area contributed by atoms with E-state index in [-0.39, 0.29) is 5.91 Å². The summed E-state index contributed by atoms with van der Waals surface area (Å²) in [5, 5.41) is 1.78. The van der Waals surface area contributed by atoms with Gasteiger partial charge in [-0.2, -0.15) is 0 Å². The maximum Gasteiger partial charge on any atom is 0.233 e. The molecule has 4 nitrogen and oxygen atoms in total. The monoisotopic (exact) mass is 251 g/mol. The number of hydrazine groups is 1. The molecule has 3 N–H and O–H groups in total. The van der Waals surface area contributed by atoms with Crippen molar-refractivity contribution in [2.45, 2.75) is 19.4 Å². The highest BCUT2D eigenvalue weighted by atomic mass is 35.5. The quantitative estimate of drug-likeness (QED) is 0.496. The Hall–Kier alpha value is -1.52. The zero-order valence-corrected chi connectivity index (χ0v) is 10.1. The number of halogens is 1. The van der Waals surface area contributed by atoms with Crippen LogP contribution in [-0.2, 0) is 11.3 Å². The van der Waals surface area contributed by atoms with Crippen LogP contribution in [0.15, 0.2) is 30.5 Å². The topological polar surface area (TPSA) is 60.0 Å². The predicted octanol–water partition coefficient (Wildman–Crippen LogP) is 2.06. The smallest absolute Gasteiger partial charge is 0.233 e. The number of hydrogen-bond acceptors (Lipinski definition) is 2. The molecule has 0 spiro atoms. The van der Waals surface area contributed by atoms with E-state index in [4.69, 9.17) is 17.4 Å². The number of hydrogen-bond donors (Lipinski definition) is 2. The van der Waals surface area contributed by atoms with Crippen molar-refractivity contribution in [1.82, 2.24) is 9.99 Å². The number of aromatic nitrogens is 1. The summed E-state index contributed by atoms with van der Waals surface area (Å²) >= 11 is 6.13. The fourth-order valence-electron chi connectivity index (χ4n) is 1.87. The molecule has 0 aliphatic carbocycles. The van der Waals surface area contributed by atoms with Crippen molar-refractivity contribution in [1.29, 1.82) is 0 Å². The molecule has 0 bridgehead atoms. The molecule has 90 valence electrons. The van der Waals surface area contributed by atoms with E-state index >= 15 is 0 Å². The van der Waals surface area contributed by atoms with Gasteiger partial charge in [0.2, 0.25) is 5.91 Å². The number of benzene rings is 1. The van der Waals surface area contributed by atoms with Gasteiger partial charge in [0, 0.05) is 30.1 Å². The zero-order chi connectivity index (χ0) is 12.3. The van der Waals surface area contributed by atoms with Crippen molar-refractivity contribution in [3.05, 3.63) is 35.5 Å².